The van der Waals surface area contributed by atoms with Crippen LogP contribution in [0.15, 0.2) is 28.7 Å². The summed E-state index contributed by atoms with van der Waals surface area (Å²) in [5.41, 5.74) is 0.564. The third-order valence-corrected chi connectivity index (χ3v) is 6.43. The first-order valence-electron chi connectivity index (χ1n) is 10.2. The molecule has 1 aromatic heterocycles. The zero-order valence-electron chi connectivity index (χ0n) is 16.9. The Morgan fingerprint density at radius 1 is 1.26 bits per heavy atom. The molecule has 166 valence electrons. The van der Waals surface area contributed by atoms with Crippen molar-refractivity contribution in [2.75, 3.05) is 6.61 Å². The fourth-order valence-corrected chi connectivity index (χ4v) is 5.00. The Balaban J connectivity index is 1.09. The molecule has 4 fully saturated rings. The second-order valence-electron chi connectivity index (χ2n) is 9.04. The second-order valence-corrected chi connectivity index (χ2v) is 9.04. The Kier molecular flexibility index (Phi) is 4.55. The Morgan fingerprint density at radius 3 is 2.68 bits per heavy atom. The highest BCUT2D eigenvalue weighted by Gasteiger charge is 2.72. The lowest BCUT2D eigenvalue weighted by molar-refractivity contribution is -0.352. The van der Waals surface area contributed by atoms with Gasteiger partial charge in [0, 0.05) is 11.5 Å². The van der Waals surface area contributed by atoms with Crippen LogP contribution in [0.25, 0.3) is 0 Å². The molecule has 4 saturated carbocycles. The van der Waals surface area contributed by atoms with E-state index in [1.807, 2.05) is 31.2 Å². The number of ether oxygens (including phenoxy) is 2. The van der Waals surface area contributed by atoms with Gasteiger partial charge in [0.2, 0.25) is 11.8 Å². The summed E-state index contributed by atoms with van der Waals surface area (Å²) >= 11 is 0. The number of rotatable bonds is 7. The molecule has 6 rings (SSSR count). The third-order valence-electron chi connectivity index (χ3n) is 6.43. The number of benzene rings is 1. The maximum Gasteiger partial charge on any atom is 0.522 e. The summed E-state index contributed by atoms with van der Waals surface area (Å²) in [7, 11) is 0. The van der Waals surface area contributed by atoms with Crippen LogP contribution in [0.1, 0.15) is 55.4 Å². The molecule has 0 spiro atoms. The Bertz CT molecular complexity index is 980. The van der Waals surface area contributed by atoms with Crippen molar-refractivity contribution >= 4 is 5.91 Å². The standard InChI is InChI=1S/C21H22F3N3O4/c1-12-3-2-4-14(5-12)29-8-16(28)25-20-9-19(10-20,11-20)18-27-26-17(30-18)13-6-15(7-13)31-21(22,23)24/h2-5,13,15H,6-11H2,1H3,(H,25,28). The summed E-state index contributed by atoms with van der Waals surface area (Å²) < 4.78 is 52.1. The summed E-state index contributed by atoms with van der Waals surface area (Å²) in [6.07, 6.45) is -2.90. The van der Waals surface area contributed by atoms with E-state index >= 15 is 0 Å². The van der Waals surface area contributed by atoms with E-state index in [1.165, 1.54) is 0 Å². The van der Waals surface area contributed by atoms with E-state index in [2.05, 4.69) is 20.3 Å². The fraction of sp³-hybridized carbons (Fsp3) is 0.571. The normalized spacial score (nSPS) is 31.2. The van der Waals surface area contributed by atoms with E-state index < -0.39 is 12.5 Å². The van der Waals surface area contributed by atoms with Crippen molar-refractivity contribution in [1.29, 1.82) is 0 Å². The van der Waals surface area contributed by atoms with Gasteiger partial charge in [0.1, 0.15) is 5.75 Å². The number of nitrogens with zero attached hydrogens (tertiary/aromatic N) is 2. The molecule has 31 heavy (non-hydrogen) atoms. The summed E-state index contributed by atoms with van der Waals surface area (Å²) in [4.78, 5) is 12.3. The molecular formula is C21H22F3N3O4. The van der Waals surface area contributed by atoms with E-state index in [0.29, 0.717) is 36.8 Å². The highest BCUT2D eigenvalue weighted by molar-refractivity contribution is 5.79. The van der Waals surface area contributed by atoms with E-state index in [4.69, 9.17) is 9.15 Å². The topological polar surface area (TPSA) is 86.5 Å². The van der Waals surface area contributed by atoms with Crippen LogP contribution in [0, 0.1) is 6.92 Å². The van der Waals surface area contributed by atoms with Gasteiger partial charge >= 0.3 is 6.36 Å². The average molecular weight is 437 g/mol. The minimum atomic E-state index is -4.62. The van der Waals surface area contributed by atoms with Crippen molar-refractivity contribution in [3.8, 4) is 5.75 Å². The highest BCUT2D eigenvalue weighted by atomic mass is 19.4. The van der Waals surface area contributed by atoms with Crippen LogP contribution in [0.5, 0.6) is 5.75 Å². The molecule has 1 N–H and O–H groups in total. The number of amides is 1. The van der Waals surface area contributed by atoms with E-state index in [-0.39, 0.29) is 42.2 Å². The summed E-state index contributed by atoms with van der Waals surface area (Å²) in [5, 5.41) is 11.2. The number of hydrogen-bond donors (Lipinski definition) is 1. The van der Waals surface area contributed by atoms with Gasteiger partial charge in [-0.3, -0.25) is 9.53 Å². The van der Waals surface area contributed by atoms with Gasteiger partial charge in [-0.15, -0.1) is 23.4 Å². The number of aryl methyl sites for hydroxylation is 1. The minimum Gasteiger partial charge on any atom is -0.484 e. The molecule has 4 aliphatic carbocycles. The summed E-state index contributed by atoms with van der Waals surface area (Å²) in [5.74, 6) is 1.15. The van der Waals surface area contributed by atoms with Crippen molar-refractivity contribution < 1.29 is 31.9 Å². The van der Waals surface area contributed by atoms with Gasteiger partial charge in [-0.1, -0.05) is 12.1 Å². The molecular weight excluding hydrogens is 415 g/mol. The van der Waals surface area contributed by atoms with E-state index in [0.717, 1.165) is 5.56 Å². The first kappa shape index (κ1) is 20.3. The fourth-order valence-electron chi connectivity index (χ4n) is 5.00. The van der Waals surface area contributed by atoms with Gasteiger partial charge in [-0.2, -0.15) is 0 Å². The molecule has 1 heterocycles. The summed E-state index contributed by atoms with van der Waals surface area (Å²) in [6, 6.07) is 7.51. The Morgan fingerprint density at radius 2 is 2.00 bits per heavy atom. The summed E-state index contributed by atoms with van der Waals surface area (Å²) in [6.45, 7) is 1.91. The van der Waals surface area contributed by atoms with Crippen molar-refractivity contribution in [1.82, 2.24) is 15.5 Å². The number of carbonyl (C=O) groups excluding carboxylic acids is 1. The van der Waals surface area contributed by atoms with Crippen LogP contribution in [0.4, 0.5) is 13.2 Å². The maximum absolute atomic E-state index is 12.3. The van der Waals surface area contributed by atoms with Crippen molar-refractivity contribution in [3.05, 3.63) is 41.6 Å². The number of nitrogens with one attached hydrogen (secondary N) is 1. The average Bonchev–Trinajstić information content (AvgIpc) is 3.06. The molecule has 2 bridgehead atoms. The van der Waals surface area contributed by atoms with E-state index in [9.17, 15) is 18.0 Å². The molecule has 4 aliphatic rings. The predicted octanol–water partition coefficient (Wildman–Crippen LogP) is 3.53. The zero-order valence-corrected chi connectivity index (χ0v) is 16.9. The number of alkyl halides is 3. The first-order valence-corrected chi connectivity index (χ1v) is 10.2. The second kappa shape index (κ2) is 6.94. The first-order chi connectivity index (χ1) is 14.6. The maximum atomic E-state index is 12.3. The zero-order chi connectivity index (χ0) is 21.9. The molecule has 7 nitrogen and oxygen atoms in total. The van der Waals surface area contributed by atoms with Crippen molar-refractivity contribution in [3.63, 3.8) is 0 Å². The Labute approximate surface area is 176 Å². The SMILES string of the molecule is Cc1cccc(OCC(=O)NC23CC(c4nnc(C5CC(OC(F)(F)F)C5)o4)(C2)C3)c1. The van der Waals surface area contributed by atoms with Gasteiger partial charge in [0.25, 0.3) is 5.91 Å². The van der Waals surface area contributed by atoms with Gasteiger partial charge in [-0.05, 0) is 56.7 Å². The predicted molar refractivity (Wildman–Crippen MR) is 100 cm³/mol. The lowest BCUT2D eigenvalue weighted by Crippen LogP contribution is -2.77. The molecule has 10 heteroatoms. The van der Waals surface area contributed by atoms with Gasteiger partial charge in [-0.25, -0.2) is 0 Å². The Hall–Kier alpha value is -2.62. The largest absolute Gasteiger partial charge is 0.522 e. The minimum absolute atomic E-state index is 0.0498. The van der Waals surface area contributed by atoms with Crippen LogP contribution in [0.2, 0.25) is 0 Å². The molecule has 1 amide bonds. The van der Waals surface area contributed by atoms with Gasteiger partial charge in [0.05, 0.1) is 11.5 Å². The number of halogens is 3. The van der Waals surface area contributed by atoms with Crippen LogP contribution in [-0.2, 0) is 14.9 Å². The van der Waals surface area contributed by atoms with Crippen LogP contribution < -0.4 is 10.1 Å². The number of aromatic nitrogens is 2. The molecule has 0 saturated heterocycles. The van der Waals surface area contributed by atoms with Gasteiger partial charge in [0.15, 0.2) is 6.61 Å². The van der Waals surface area contributed by atoms with Crippen LogP contribution >= 0.6 is 0 Å². The molecule has 0 unspecified atom stereocenters. The quantitative estimate of drug-likeness (QED) is 0.713. The smallest absolute Gasteiger partial charge is 0.484 e. The molecule has 2 aromatic rings. The lowest BCUT2D eigenvalue weighted by atomic mass is 9.39. The molecule has 0 aliphatic heterocycles. The van der Waals surface area contributed by atoms with Crippen molar-refractivity contribution in [2.45, 2.75) is 68.4 Å². The third kappa shape index (κ3) is 3.88. The van der Waals surface area contributed by atoms with E-state index in [1.54, 1.807) is 0 Å². The number of carbonyl (C=O) groups is 1. The van der Waals surface area contributed by atoms with Gasteiger partial charge < -0.3 is 14.5 Å². The molecule has 0 radical (unpaired) electrons. The highest BCUT2D eigenvalue weighted by Crippen LogP contribution is 2.67. The van der Waals surface area contributed by atoms with Crippen molar-refractivity contribution in [2.24, 2.45) is 0 Å². The lowest BCUT2D eigenvalue weighted by Gasteiger charge is -2.68. The number of hydrogen-bond acceptors (Lipinski definition) is 6. The van der Waals surface area contributed by atoms with Crippen LogP contribution in [0.3, 0.4) is 0 Å². The monoisotopic (exact) mass is 437 g/mol. The molecule has 1 aromatic carbocycles. The van der Waals surface area contributed by atoms with Crippen LogP contribution in [-0.4, -0.2) is 40.7 Å². The molecule has 0 atom stereocenters.